The Bertz CT molecular complexity index is 302. The van der Waals surface area contributed by atoms with Crippen LogP contribution in [0, 0.1) is 5.92 Å². The summed E-state index contributed by atoms with van der Waals surface area (Å²) >= 11 is 0. The summed E-state index contributed by atoms with van der Waals surface area (Å²) in [6.07, 6.45) is 4.45. The van der Waals surface area contributed by atoms with Crippen molar-refractivity contribution in [3.8, 4) is 0 Å². The van der Waals surface area contributed by atoms with Crippen molar-refractivity contribution in [1.29, 1.82) is 0 Å². The molecule has 76 valence electrons. The van der Waals surface area contributed by atoms with Crippen LogP contribution in [0.5, 0.6) is 0 Å². The molecule has 0 atom stereocenters. The Hall–Kier alpha value is -1.52. The summed E-state index contributed by atoms with van der Waals surface area (Å²) in [6.45, 7) is 1.41. The molecule has 0 aliphatic carbocycles. The highest BCUT2D eigenvalue weighted by Crippen LogP contribution is 2.21. The van der Waals surface area contributed by atoms with Gasteiger partial charge in [0.15, 0.2) is 0 Å². The van der Waals surface area contributed by atoms with Crippen molar-refractivity contribution in [2.24, 2.45) is 5.92 Å². The topological polar surface area (TPSA) is 66.6 Å². The van der Waals surface area contributed by atoms with Crippen molar-refractivity contribution < 1.29 is 14.3 Å². The third kappa shape index (κ3) is 1.71. The van der Waals surface area contributed by atoms with E-state index < -0.39 is 5.97 Å². The van der Waals surface area contributed by atoms with Gasteiger partial charge in [0.1, 0.15) is 6.26 Å². The molecular weight excluding hydrogens is 184 g/mol. The minimum absolute atomic E-state index is 0.207. The zero-order valence-electron chi connectivity index (χ0n) is 7.72. The van der Waals surface area contributed by atoms with Crippen molar-refractivity contribution in [1.82, 2.24) is 4.98 Å². The average molecular weight is 196 g/mol. The molecular formula is C9H12N2O3. The lowest BCUT2D eigenvalue weighted by Gasteiger charge is -2.28. The third-order valence-electron chi connectivity index (χ3n) is 2.53. The number of rotatable bonds is 2. The van der Waals surface area contributed by atoms with Gasteiger partial charge in [0.2, 0.25) is 0 Å². The first-order chi connectivity index (χ1) is 6.77. The molecule has 0 spiro atoms. The van der Waals surface area contributed by atoms with Crippen LogP contribution in [0.4, 0.5) is 6.01 Å². The predicted molar refractivity (Wildman–Crippen MR) is 49.1 cm³/mol. The van der Waals surface area contributed by atoms with E-state index in [0.717, 1.165) is 0 Å². The Morgan fingerprint density at radius 3 is 2.79 bits per heavy atom. The smallest absolute Gasteiger partial charge is 0.306 e. The molecule has 5 nitrogen and oxygen atoms in total. The molecule has 14 heavy (non-hydrogen) atoms. The van der Waals surface area contributed by atoms with Gasteiger partial charge in [-0.15, -0.1) is 0 Å². The van der Waals surface area contributed by atoms with E-state index in [4.69, 9.17) is 9.52 Å². The van der Waals surface area contributed by atoms with E-state index in [1.54, 1.807) is 6.20 Å². The second-order valence-electron chi connectivity index (χ2n) is 3.41. The van der Waals surface area contributed by atoms with Crippen LogP contribution >= 0.6 is 0 Å². The lowest BCUT2D eigenvalue weighted by molar-refractivity contribution is -0.142. The molecule has 1 aromatic heterocycles. The molecule has 0 aromatic carbocycles. The van der Waals surface area contributed by atoms with Gasteiger partial charge in [-0.25, -0.2) is 4.98 Å². The Morgan fingerprint density at radius 1 is 1.57 bits per heavy atom. The van der Waals surface area contributed by atoms with E-state index in [1.807, 2.05) is 4.90 Å². The Labute approximate surface area is 81.3 Å². The molecule has 1 aromatic rings. The number of carbonyl (C=O) groups is 1. The summed E-state index contributed by atoms with van der Waals surface area (Å²) < 4.78 is 5.14. The normalized spacial score (nSPS) is 18.4. The van der Waals surface area contributed by atoms with Crippen LogP contribution in [0.15, 0.2) is 16.9 Å². The zero-order valence-corrected chi connectivity index (χ0v) is 7.72. The highest BCUT2D eigenvalue weighted by atomic mass is 16.4. The van der Waals surface area contributed by atoms with Crippen molar-refractivity contribution in [3.63, 3.8) is 0 Å². The van der Waals surface area contributed by atoms with Crippen LogP contribution in [0.3, 0.4) is 0 Å². The maximum atomic E-state index is 10.7. The van der Waals surface area contributed by atoms with E-state index in [2.05, 4.69) is 4.98 Å². The minimum atomic E-state index is -0.697. The molecule has 1 N–H and O–H groups in total. The van der Waals surface area contributed by atoms with Gasteiger partial charge in [-0.2, -0.15) is 0 Å². The number of nitrogens with zero attached hydrogens (tertiary/aromatic N) is 2. The van der Waals surface area contributed by atoms with Crippen molar-refractivity contribution in [2.45, 2.75) is 12.8 Å². The van der Waals surface area contributed by atoms with Gasteiger partial charge in [0.25, 0.3) is 6.01 Å². The Kier molecular flexibility index (Phi) is 2.39. The molecule has 1 fully saturated rings. The number of piperidine rings is 1. The van der Waals surface area contributed by atoms with Gasteiger partial charge in [0, 0.05) is 13.1 Å². The van der Waals surface area contributed by atoms with Crippen LogP contribution in [0.1, 0.15) is 12.8 Å². The van der Waals surface area contributed by atoms with Crippen LogP contribution < -0.4 is 4.90 Å². The largest absolute Gasteiger partial charge is 0.481 e. The summed E-state index contributed by atoms with van der Waals surface area (Å²) in [6, 6.07) is 0.592. The molecule has 5 heteroatoms. The fourth-order valence-corrected chi connectivity index (χ4v) is 1.69. The molecule has 0 radical (unpaired) electrons. The SMILES string of the molecule is O=C(O)C1CCN(c2ncco2)CC1. The number of carboxylic acids is 1. The van der Waals surface area contributed by atoms with Gasteiger partial charge in [-0.3, -0.25) is 4.79 Å². The molecule has 1 aliphatic rings. The maximum Gasteiger partial charge on any atom is 0.306 e. The third-order valence-corrected chi connectivity index (χ3v) is 2.53. The number of aromatic nitrogens is 1. The molecule has 0 unspecified atom stereocenters. The van der Waals surface area contributed by atoms with Gasteiger partial charge in [-0.1, -0.05) is 0 Å². The first-order valence-electron chi connectivity index (χ1n) is 4.64. The summed E-state index contributed by atoms with van der Waals surface area (Å²) in [5.74, 6) is -0.904. The molecule has 2 heterocycles. The quantitative estimate of drug-likeness (QED) is 0.763. The summed E-state index contributed by atoms with van der Waals surface area (Å²) in [5, 5.41) is 8.80. The van der Waals surface area contributed by atoms with E-state index in [1.165, 1.54) is 6.26 Å². The number of hydrogen-bond donors (Lipinski definition) is 1. The zero-order chi connectivity index (χ0) is 9.97. The van der Waals surface area contributed by atoms with E-state index in [9.17, 15) is 4.79 Å². The standard InChI is InChI=1S/C9H12N2O3/c12-8(13)7-1-4-11(5-2-7)9-10-3-6-14-9/h3,6-7H,1-2,4-5H2,(H,12,13). The lowest BCUT2D eigenvalue weighted by Crippen LogP contribution is -2.36. The van der Waals surface area contributed by atoms with E-state index in [0.29, 0.717) is 31.9 Å². The second-order valence-corrected chi connectivity index (χ2v) is 3.41. The van der Waals surface area contributed by atoms with Crippen LogP contribution in [0.2, 0.25) is 0 Å². The van der Waals surface area contributed by atoms with Crippen LogP contribution in [0.25, 0.3) is 0 Å². The van der Waals surface area contributed by atoms with Crippen molar-refractivity contribution in [3.05, 3.63) is 12.5 Å². The predicted octanol–water partition coefficient (Wildman–Crippen LogP) is 0.976. The number of oxazole rings is 1. The van der Waals surface area contributed by atoms with Crippen LogP contribution in [-0.4, -0.2) is 29.1 Å². The number of hydrogen-bond acceptors (Lipinski definition) is 4. The highest BCUT2D eigenvalue weighted by molar-refractivity contribution is 5.70. The Balaban J connectivity index is 1.93. The fourth-order valence-electron chi connectivity index (χ4n) is 1.69. The molecule has 1 aliphatic heterocycles. The fraction of sp³-hybridized carbons (Fsp3) is 0.556. The van der Waals surface area contributed by atoms with Gasteiger partial charge < -0.3 is 14.4 Å². The maximum absolute atomic E-state index is 10.7. The molecule has 2 rings (SSSR count). The number of aliphatic carboxylic acids is 1. The van der Waals surface area contributed by atoms with Crippen molar-refractivity contribution >= 4 is 12.0 Å². The summed E-state index contributed by atoms with van der Waals surface area (Å²) in [5.41, 5.74) is 0. The Morgan fingerprint density at radius 2 is 2.29 bits per heavy atom. The molecule has 0 amide bonds. The average Bonchev–Trinajstić information content (AvgIpc) is 2.71. The monoisotopic (exact) mass is 196 g/mol. The first-order valence-corrected chi connectivity index (χ1v) is 4.64. The highest BCUT2D eigenvalue weighted by Gasteiger charge is 2.25. The van der Waals surface area contributed by atoms with Gasteiger partial charge >= 0.3 is 5.97 Å². The second kappa shape index (κ2) is 3.69. The summed E-state index contributed by atoms with van der Waals surface area (Å²) in [4.78, 5) is 16.7. The molecule has 0 saturated carbocycles. The van der Waals surface area contributed by atoms with Gasteiger partial charge in [-0.05, 0) is 12.8 Å². The lowest BCUT2D eigenvalue weighted by atomic mass is 9.97. The van der Waals surface area contributed by atoms with E-state index in [-0.39, 0.29) is 5.92 Å². The number of anilines is 1. The minimum Gasteiger partial charge on any atom is -0.481 e. The van der Waals surface area contributed by atoms with Crippen LogP contribution in [-0.2, 0) is 4.79 Å². The molecule has 0 bridgehead atoms. The number of carboxylic acid groups (broad SMARTS) is 1. The van der Waals surface area contributed by atoms with Crippen molar-refractivity contribution in [2.75, 3.05) is 18.0 Å². The van der Waals surface area contributed by atoms with E-state index >= 15 is 0 Å². The molecule has 1 saturated heterocycles. The summed E-state index contributed by atoms with van der Waals surface area (Å²) in [7, 11) is 0. The van der Waals surface area contributed by atoms with Gasteiger partial charge in [0.05, 0.1) is 12.1 Å². The first kappa shape index (κ1) is 9.05.